The summed E-state index contributed by atoms with van der Waals surface area (Å²) in [4.78, 5) is 20.4. The monoisotopic (exact) mass is 367 g/mol. The zero-order valence-corrected chi connectivity index (χ0v) is 15.5. The molecule has 0 N–H and O–H groups in total. The molecule has 1 saturated heterocycles. The zero-order valence-electron chi connectivity index (χ0n) is 15.5. The van der Waals surface area contributed by atoms with E-state index in [2.05, 4.69) is 10.1 Å². The fourth-order valence-electron chi connectivity index (χ4n) is 3.56. The van der Waals surface area contributed by atoms with Gasteiger partial charge in [-0.25, -0.2) is 18.7 Å². The van der Waals surface area contributed by atoms with Crippen molar-refractivity contribution in [3.8, 4) is 11.1 Å². The van der Waals surface area contributed by atoms with Crippen LogP contribution in [0, 0.1) is 5.82 Å². The van der Waals surface area contributed by atoms with Gasteiger partial charge in [0, 0.05) is 44.9 Å². The van der Waals surface area contributed by atoms with E-state index in [1.165, 1.54) is 12.1 Å². The third-order valence-corrected chi connectivity index (χ3v) is 4.94. The van der Waals surface area contributed by atoms with Crippen LogP contribution in [0.3, 0.4) is 0 Å². The van der Waals surface area contributed by atoms with E-state index in [0.29, 0.717) is 6.54 Å². The lowest BCUT2D eigenvalue weighted by Crippen LogP contribution is -2.44. The van der Waals surface area contributed by atoms with E-state index in [0.717, 1.165) is 42.0 Å². The number of piperidine rings is 1. The van der Waals surface area contributed by atoms with Crippen LogP contribution in [0.25, 0.3) is 16.8 Å². The standard InChI is InChI=1S/C20H22FN5O/c1-24(2)20(27)25-10-4-6-16(12-25)19-22-18-9-8-15(13-26(18)23-19)14-5-3-7-17(21)11-14/h3,5,7-9,11,13,16H,4,6,10,12H2,1-2H3/t16-/m1/s1. The quantitative estimate of drug-likeness (QED) is 0.698. The van der Waals surface area contributed by atoms with E-state index in [9.17, 15) is 9.18 Å². The van der Waals surface area contributed by atoms with Crippen LogP contribution in [0.2, 0.25) is 0 Å². The van der Waals surface area contributed by atoms with Crippen molar-refractivity contribution in [2.24, 2.45) is 0 Å². The summed E-state index contributed by atoms with van der Waals surface area (Å²) in [6, 6.07) is 10.3. The maximum absolute atomic E-state index is 13.5. The molecule has 6 nitrogen and oxygen atoms in total. The number of fused-ring (bicyclic) bond motifs is 1. The highest BCUT2D eigenvalue weighted by Gasteiger charge is 2.28. The van der Waals surface area contributed by atoms with Crippen molar-refractivity contribution < 1.29 is 9.18 Å². The van der Waals surface area contributed by atoms with Gasteiger partial charge in [-0.2, -0.15) is 5.10 Å². The predicted octanol–water partition coefficient (Wildman–Crippen LogP) is 3.40. The van der Waals surface area contributed by atoms with E-state index in [4.69, 9.17) is 0 Å². The minimum atomic E-state index is -0.264. The Morgan fingerprint density at radius 3 is 2.85 bits per heavy atom. The minimum Gasteiger partial charge on any atom is -0.331 e. The second-order valence-corrected chi connectivity index (χ2v) is 7.16. The average Bonchev–Trinajstić information content (AvgIpc) is 3.11. The Kier molecular flexibility index (Phi) is 4.51. The molecule has 0 radical (unpaired) electrons. The number of likely N-dealkylation sites (tertiary alicyclic amines) is 1. The first kappa shape index (κ1) is 17.5. The second kappa shape index (κ2) is 6.98. The Labute approximate surface area is 157 Å². The lowest BCUT2D eigenvalue weighted by Gasteiger charge is -2.33. The van der Waals surface area contributed by atoms with Crippen LogP contribution < -0.4 is 0 Å². The lowest BCUT2D eigenvalue weighted by molar-refractivity contribution is 0.153. The van der Waals surface area contributed by atoms with Crippen LogP contribution in [0.15, 0.2) is 42.6 Å². The van der Waals surface area contributed by atoms with Crippen molar-refractivity contribution in [2.75, 3.05) is 27.2 Å². The smallest absolute Gasteiger partial charge is 0.319 e. The molecule has 1 atom stereocenters. The summed E-state index contributed by atoms with van der Waals surface area (Å²) in [7, 11) is 3.53. The molecule has 1 fully saturated rings. The molecule has 1 aliphatic heterocycles. The van der Waals surface area contributed by atoms with Gasteiger partial charge in [0.1, 0.15) is 5.82 Å². The molecule has 3 aromatic rings. The summed E-state index contributed by atoms with van der Waals surface area (Å²) in [5.41, 5.74) is 2.43. The molecule has 0 saturated carbocycles. The summed E-state index contributed by atoms with van der Waals surface area (Å²) in [5, 5.41) is 4.64. The van der Waals surface area contributed by atoms with E-state index in [-0.39, 0.29) is 17.8 Å². The average molecular weight is 367 g/mol. The number of rotatable bonds is 2. The van der Waals surface area contributed by atoms with Gasteiger partial charge in [-0.05, 0) is 42.7 Å². The highest BCUT2D eigenvalue weighted by molar-refractivity contribution is 5.74. The van der Waals surface area contributed by atoms with Crippen LogP contribution in [0.1, 0.15) is 24.6 Å². The molecule has 0 unspecified atom stereocenters. The Bertz CT molecular complexity index is 983. The van der Waals surface area contributed by atoms with Gasteiger partial charge in [0.2, 0.25) is 0 Å². The summed E-state index contributed by atoms with van der Waals surface area (Å²) in [5.74, 6) is 0.613. The maximum Gasteiger partial charge on any atom is 0.319 e. The lowest BCUT2D eigenvalue weighted by atomic mass is 9.98. The Balaban J connectivity index is 1.61. The maximum atomic E-state index is 13.5. The minimum absolute atomic E-state index is 0.0249. The molecule has 2 amide bonds. The number of benzene rings is 1. The van der Waals surface area contributed by atoms with Crippen LogP contribution in [0.4, 0.5) is 9.18 Å². The Morgan fingerprint density at radius 1 is 1.22 bits per heavy atom. The molecule has 2 aromatic heterocycles. The van der Waals surface area contributed by atoms with Crippen molar-refractivity contribution in [3.63, 3.8) is 0 Å². The van der Waals surface area contributed by atoms with Gasteiger partial charge in [-0.15, -0.1) is 0 Å². The molecule has 3 heterocycles. The van der Waals surface area contributed by atoms with Crippen molar-refractivity contribution >= 4 is 11.7 Å². The van der Waals surface area contributed by atoms with Gasteiger partial charge in [0.05, 0.1) is 0 Å². The topological polar surface area (TPSA) is 53.7 Å². The molecule has 140 valence electrons. The van der Waals surface area contributed by atoms with Gasteiger partial charge in [-0.1, -0.05) is 12.1 Å². The van der Waals surface area contributed by atoms with Gasteiger partial charge in [0.15, 0.2) is 11.5 Å². The fraction of sp³-hybridized carbons (Fsp3) is 0.350. The number of pyridine rings is 1. The van der Waals surface area contributed by atoms with E-state index in [1.54, 1.807) is 29.6 Å². The molecule has 1 aromatic carbocycles. The molecule has 0 aliphatic carbocycles. The first-order chi connectivity index (χ1) is 13.0. The van der Waals surface area contributed by atoms with Gasteiger partial charge in [0.25, 0.3) is 0 Å². The molecule has 4 rings (SSSR count). The van der Waals surface area contributed by atoms with Crippen LogP contribution in [-0.2, 0) is 0 Å². The highest BCUT2D eigenvalue weighted by atomic mass is 19.1. The third kappa shape index (κ3) is 3.49. The van der Waals surface area contributed by atoms with Crippen LogP contribution >= 0.6 is 0 Å². The van der Waals surface area contributed by atoms with Crippen molar-refractivity contribution in [1.29, 1.82) is 0 Å². The third-order valence-electron chi connectivity index (χ3n) is 4.94. The van der Waals surface area contributed by atoms with Crippen molar-refractivity contribution in [1.82, 2.24) is 24.4 Å². The van der Waals surface area contributed by atoms with Crippen molar-refractivity contribution in [3.05, 3.63) is 54.2 Å². The zero-order chi connectivity index (χ0) is 19.0. The molecule has 27 heavy (non-hydrogen) atoms. The van der Waals surface area contributed by atoms with E-state index < -0.39 is 0 Å². The number of hydrogen-bond donors (Lipinski definition) is 0. The van der Waals surface area contributed by atoms with Crippen LogP contribution in [-0.4, -0.2) is 57.6 Å². The predicted molar refractivity (Wildman–Crippen MR) is 101 cm³/mol. The summed E-state index contributed by atoms with van der Waals surface area (Å²) in [6.45, 7) is 1.40. The summed E-state index contributed by atoms with van der Waals surface area (Å²) < 4.78 is 15.2. The number of nitrogens with zero attached hydrogens (tertiary/aromatic N) is 5. The Morgan fingerprint density at radius 2 is 2.07 bits per heavy atom. The van der Waals surface area contributed by atoms with Gasteiger partial charge in [-0.3, -0.25) is 0 Å². The first-order valence-corrected chi connectivity index (χ1v) is 9.10. The number of carbonyl (C=O) groups excluding carboxylic acids is 1. The molecular weight excluding hydrogens is 345 g/mol. The normalized spacial score (nSPS) is 17.3. The molecular formula is C20H22FN5O. The van der Waals surface area contributed by atoms with Crippen LogP contribution in [0.5, 0.6) is 0 Å². The molecule has 7 heteroatoms. The first-order valence-electron chi connectivity index (χ1n) is 9.10. The molecule has 0 spiro atoms. The number of hydrogen-bond acceptors (Lipinski definition) is 3. The van der Waals surface area contributed by atoms with E-state index in [1.807, 2.05) is 29.3 Å². The fourth-order valence-corrected chi connectivity index (χ4v) is 3.56. The number of amides is 2. The van der Waals surface area contributed by atoms with E-state index >= 15 is 0 Å². The number of aromatic nitrogens is 3. The number of halogens is 1. The van der Waals surface area contributed by atoms with Gasteiger partial charge < -0.3 is 9.80 Å². The summed E-state index contributed by atoms with van der Waals surface area (Å²) >= 11 is 0. The van der Waals surface area contributed by atoms with Crippen molar-refractivity contribution in [2.45, 2.75) is 18.8 Å². The number of carbonyl (C=O) groups is 1. The number of urea groups is 1. The molecule has 1 aliphatic rings. The molecule has 0 bridgehead atoms. The Hall–Kier alpha value is -2.96. The SMILES string of the molecule is CN(C)C(=O)N1CCC[C@@H](c2nc3ccc(-c4cccc(F)c4)cn3n2)C1. The second-order valence-electron chi connectivity index (χ2n) is 7.16. The highest BCUT2D eigenvalue weighted by Crippen LogP contribution is 2.26. The largest absolute Gasteiger partial charge is 0.331 e. The van der Waals surface area contributed by atoms with Gasteiger partial charge >= 0.3 is 6.03 Å². The summed E-state index contributed by atoms with van der Waals surface area (Å²) in [6.07, 6.45) is 3.77.